The Morgan fingerprint density at radius 3 is 2.33 bits per heavy atom. The molecule has 0 aliphatic carbocycles. The van der Waals surface area contributed by atoms with Gasteiger partial charge in [0.2, 0.25) is 0 Å². The van der Waals surface area contributed by atoms with Crippen LogP contribution in [0.15, 0.2) is 66.9 Å². The SMILES string of the molecule is Cc1ccc(Nc2ncccc2C(=O)Nc2ccc(Cl)cc2)cc1. The fourth-order valence-electron chi connectivity index (χ4n) is 2.19. The van der Waals surface area contributed by atoms with E-state index in [1.807, 2.05) is 31.2 Å². The van der Waals surface area contributed by atoms with Crippen molar-refractivity contribution in [3.05, 3.63) is 83.0 Å². The van der Waals surface area contributed by atoms with E-state index < -0.39 is 0 Å². The van der Waals surface area contributed by atoms with Crippen LogP contribution < -0.4 is 10.6 Å². The molecule has 0 aliphatic heterocycles. The Morgan fingerprint density at radius 1 is 0.958 bits per heavy atom. The van der Waals surface area contributed by atoms with E-state index in [9.17, 15) is 4.79 Å². The third-order valence-electron chi connectivity index (χ3n) is 3.47. The lowest BCUT2D eigenvalue weighted by atomic mass is 10.2. The molecule has 3 aromatic rings. The van der Waals surface area contributed by atoms with Crippen LogP contribution in [-0.4, -0.2) is 10.9 Å². The molecule has 0 saturated heterocycles. The number of benzene rings is 2. The van der Waals surface area contributed by atoms with Gasteiger partial charge in [0.1, 0.15) is 5.82 Å². The van der Waals surface area contributed by atoms with Gasteiger partial charge in [0.05, 0.1) is 5.56 Å². The fraction of sp³-hybridized carbons (Fsp3) is 0.0526. The van der Waals surface area contributed by atoms with Gasteiger partial charge >= 0.3 is 0 Å². The summed E-state index contributed by atoms with van der Waals surface area (Å²) in [7, 11) is 0. The molecule has 0 spiro atoms. The van der Waals surface area contributed by atoms with Crippen molar-refractivity contribution in [1.29, 1.82) is 0 Å². The normalized spacial score (nSPS) is 10.2. The molecular formula is C19H16ClN3O. The van der Waals surface area contributed by atoms with Crippen LogP contribution in [0.2, 0.25) is 5.02 Å². The van der Waals surface area contributed by atoms with Gasteiger partial charge in [0, 0.05) is 22.6 Å². The molecule has 1 amide bonds. The van der Waals surface area contributed by atoms with Gasteiger partial charge in [-0.15, -0.1) is 0 Å². The number of carbonyl (C=O) groups excluding carboxylic acids is 1. The lowest BCUT2D eigenvalue weighted by Crippen LogP contribution is -2.14. The monoisotopic (exact) mass is 337 g/mol. The number of carbonyl (C=O) groups is 1. The second-order valence-corrected chi connectivity index (χ2v) is 5.79. The van der Waals surface area contributed by atoms with E-state index in [0.29, 0.717) is 22.1 Å². The van der Waals surface area contributed by atoms with Crippen LogP contribution >= 0.6 is 11.6 Å². The van der Waals surface area contributed by atoms with Crippen molar-refractivity contribution in [1.82, 2.24) is 4.98 Å². The van der Waals surface area contributed by atoms with Crippen molar-refractivity contribution in [2.75, 3.05) is 10.6 Å². The Kier molecular flexibility index (Phi) is 4.77. The van der Waals surface area contributed by atoms with Gasteiger partial charge in [0.15, 0.2) is 0 Å². The molecule has 2 N–H and O–H groups in total. The predicted molar refractivity (Wildman–Crippen MR) is 98.1 cm³/mol. The number of aryl methyl sites for hydroxylation is 1. The number of halogens is 1. The van der Waals surface area contributed by atoms with Gasteiger partial charge in [-0.1, -0.05) is 29.3 Å². The minimum atomic E-state index is -0.236. The maximum absolute atomic E-state index is 12.5. The van der Waals surface area contributed by atoms with Crippen molar-refractivity contribution in [2.24, 2.45) is 0 Å². The molecule has 0 fully saturated rings. The largest absolute Gasteiger partial charge is 0.340 e. The smallest absolute Gasteiger partial charge is 0.259 e. The van der Waals surface area contributed by atoms with Crippen LogP contribution in [0.3, 0.4) is 0 Å². The van der Waals surface area contributed by atoms with Crippen LogP contribution in [0.25, 0.3) is 0 Å². The summed E-state index contributed by atoms with van der Waals surface area (Å²) in [6, 6.07) is 18.3. The Balaban J connectivity index is 1.81. The molecule has 0 aliphatic rings. The number of aromatic nitrogens is 1. The number of hydrogen-bond acceptors (Lipinski definition) is 3. The molecule has 0 saturated carbocycles. The summed E-state index contributed by atoms with van der Waals surface area (Å²) >= 11 is 5.86. The lowest BCUT2D eigenvalue weighted by Gasteiger charge is -2.11. The van der Waals surface area contributed by atoms with Gasteiger partial charge in [0.25, 0.3) is 5.91 Å². The molecule has 4 nitrogen and oxygen atoms in total. The summed E-state index contributed by atoms with van der Waals surface area (Å²) in [5.74, 6) is 0.271. The predicted octanol–water partition coefficient (Wildman–Crippen LogP) is 5.04. The molecule has 0 radical (unpaired) electrons. The van der Waals surface area contributed by atoms with Gasteiger partial charge in [-0.05, 0) is 55.5 Å². The summed E-state index contributed by atoms with van der Waals surface area (Å²) < 4.78 is 0. The minimum Gasteiger partial charge on any atom is -0.340 e. The molecule has 1 aromatic heterocycles. The van der Waals surface area contributed by atoms with Crippen LogP contribution in [0.1, 0.15) is 15.9 Å². The zero-order valence-corrected chi connectivity index (χ0v) is 13.8. The molecule has 2 aromatic carbocycles. The summed E-state index contributed by atoms with van der Waals surface area (Å²) in [5, 5.41) is 6.65. The molecule has 5 heteroatoms. The van der Waals surface area contributed by atoms with Crippen molar-refractivity contribution in [3.63, 3.8) is 0 Å². The van der Waals surface area contributed by atoms with Gasteiger partial charge in [-0.2, -0.15) is 0 Å². The minimum absolute atomic E-state index is 0.236. The zero-order chi connectivity index (χ0) is 16.9. The number of nitrogens with one attached hydrogen (secondary N) is 2. The average molecular weight is 338 g/mol. The molecule has 0 atom stereocenters. The van der Waals surface area contributed by atoms with E-state index in [0.717, 1.165) is 5.69 Å². The molecule has 1 heterocycles. The summed E-state index contributed by atoms with van der Waals surface area (Å²) in [5.41, 5.74) is 3.18. The maximum Gasteiger partial charge on any atom is 0.259 e. The number of nitrogens with zero attached hydrogens (tertiary/aromatic N) is 1. The molecule has 3 rings (SSSR count). The highest BCUT2D eigenvalue weighted by molar-refractivity contribution is 6.30. The van der Waals surface area contributed by atoms with Crippen LogP contribution in [0.4, 0.5) is 17.2 Å². The van der Waals surface area contributed by atoms with E-state index >= 15 is 0 Å². The Labute approximate surface area is 145 Å². The first-order chi connectivity index (χ1) is 11.6. The Bertz CT molecular complexity index is 845. The average Bonchev–Trinajstić information content (AvgIpc) is 2.59. The fourth-order valence-corrected chi connectivity index (χ4v) is 2.32. The summed E-state index contributed by atoms with van der Waals surface area (Å²) in [6.45, 7) is 2.02. The van der Waals surface area contributed by atoms with E-state index in [1.165, 1.54) is 5.56 Å². The number of rotatable bonds is 4. The second kappa shape index (κ2) is 7.15. The van der Waals surface area contributed by atoms with E-state index in [1.54, 1.807) is 42.6 Å². The Hall–Kier alpha value is -2.85. The van der Waals surface area contributed by atoms with Crippen molar-refractivity contribution in [3.8, 4) is 0 Å². The standard InChI is InChI=1S/C19H16ClN3O/c1-13-4-8-15(9-5-13)22-18-17(3-2-12-21-18)19(24)23-16-10-6-14(20)7-11-16/h2-12H,1H3,(H,21,22)(H,23,24). The molecular weight excluding hydrogens is 322 g/mol. The number of amides is 1. The number of pyridine rings is 1. The highest BCUT2D eigenvalue weighted by Crippen LogP contribution is 2.21. The molecule has 120 valence electrons. The van der Waals surface area contributed by atoms with E-state index in [-0.39, 0.29) is 5.91 Å². The van der Waals surface area contributed by atoms with Crippen molar-refractivity contribution in [2.45, 2.75) is 6.92 Å². The van der Waals surface area contributed by atoms with E-state index in [4.69, 9.17) is 11.6 Å². The van der Waals surface area contributed by atoms with Gasteiger partial charge < -0.3 is 10.6 Å². The summed E-state index contributed by atoms with van der Waals surface area (Å²) in [4.78, 5) is 16.8. The van der Waals surface area contributed by atoms with Crippen molar-refractivity contribution < 1.29 is 4.79 Å². The topological polar surface area (TPSA) is 54.0 Å². The maximum atomic E-state index is 12.5. The number of anilines is 3. The van der Waals surface area contributed by atoms with Gasteiger partial charge in [-0.25, -0.2) is 4.98 Å². The van der Waals surface area contributed by atoms with Crippen molar-refractivity contribution >= 4 is 34.7 Å². The highest BCUT2D eigenvalue weighted by atomic mass is 35.5. The van der Waals surface area contributed by atoms with E-state index in [2.05, 4.69) is 15.6 Å². The highest BCUT2D eigenvalue weighted by Gasteiger charge is 2.12. The second-order valence-electron chi connectivity index (χ2n) is 5.35. The molecule has 0 unspecified atom stereocenters. The van der Waals surface area contributed by atoms with Gasteiger partial charge in [-0.3, -0.25) is 4.79 Å². The summed E-state index contributed by atoms with van der Waals surface area (Å²) in [6.07, 6.45) is 1.65. The van der Waals surface area contributed by atoms with Crippen LogP contribution in [-0.2, 0) is 0 Å². The third kappa shape index (κ3) is 3.91. The first kappa shape index (κ1) is 16.0. The Morgan fingerprint density at radius 2 is 1.62 bits per heavy atom. The zero-order valence-electron chi connectivity index (χ0n) is 13.1. The van der Waals surface area contributed by atoms with Crippen LogP contribution in [0, 0.1) is 6.92 Å². The first-order valence-electron chi connectivity index (χ1n) is 7.47. The first-order valence-corrected chi connectivity index (χ1v) is 7.85. The number of hydrogen-bond donors (Lipinski definition) is 2. The molecule has 0 bridgehead atoms. The van der Waals surface area contributed by atoms with Crippen LogP contribution in [0.5, 0.6) is 0 Å². The third-order valence-corrected chi connectivity index (χ3v) is 3.72. The molecule has 24 heavy (non-hydrogen) atoms. The lowest BCUT2D eigenvalue weighted by molar-refractivity contribution is 0.102. The quantitative estimate of drug-likeness (QED) is 0.701.